The maximum Gasteiger partial charge on any atom is 0.337 e. The van der Waals surface area contributed by atoms with Gasteiger partial charge in [-0.3, -0.25) is 0 Å². The van der Waals surface area contributed by atoms with Crippen molar-refractivity contribution in [1.82, 2.24) is 9.97 Å². The fourth-order valence-corrected chi connectivity index (χ4v) is 2.40. The Kier molecular flexibility index (Phi) is 5.25. The highest BCUT2D eigenvalue weighted by Gasteiger charge is 2.11. The summed E-state index contributed by atoms with van der Waals surface area (Å²) >= 11 is 0. The van der Waals surface area contributed by atoms with Gasteiger partial charge in [0.15, 0.2) is 0 Å². The third-order valence-corrected chi connectivity index (χ3v) is 3.63. The number of rotatable bonds is 5. The summed E-state index contributed by atoms with van der Waals surface area (Å²) in [4.78, 5) is 19.9. The molecule has 0 fully saturated rings. The van der Waals surface area contributed by atoms with Gasteiger partial charge in [0.05, 0.1) is 12.7 Å². The van der Waals surface area contributed by atoms with Gasteiger partial charge in [0.25, 0.3) is 0 Å². The van der Waals surface area contributed by atoms with Gasteiger partial charge in [0, 0.05) is 11.8 Å². The number of carbonyl (C=O) groups is 1. The lowest BCUT2D eigenvalue weighted by atomic mass is 10.2. The van der Waals surface area contributed by atoms with Crippen molar-refractivity contribution in [3.63, 3.8) is 0 Å². The largest absolute Gasteiger partial charge is 0.465 e. The Morgan fingerprint density at radius 1 is 0.963 bits per heavy atom. The number of para-hydroxylation sites is 1. The number of nitrogens with zero attached hydrogens (tertiary/aromatic N) is 2. The van der Waals surface area contributed by atoms with Crippen molar-refractivity contribution in [2.45, 2.75) is 6.92 Å². The van der Waals surface area contributed by atoms with Crippen LogP contribution in [0.5, 0.6) is 0 Å². The Balaban J connectivity index is 1.82. The van der Waals surface area contributed by atoms with Gasteiger partial charge < -0.3 is 15.4 Å². The predicted octanol–water partition coefficient (Wildman–Crippen LogP) is 4.34. The van der Waals surface area contributed by atoms with Gasteiger partial charge >= 0.3 is 5.97 Å². The molecule has 0 saturated heterocycles. The highest BCUT2D eigenvalue weighted by molar-refractivity contribution is 5.89. The number of hydrogen-bond donors (Lipinski definition) is 2. The maximum absolute atomic E-state index is 13.8. The van der Waals surface area contributed by atoms with E-state index in [9.17, 15) is 13.6 Å². The molecule has 0 amide bonds. The highest BCUT2D eigenvalue weighted by atomic mass is 19.1. The van der Waals surface area contributed by atoms with E-state index in [1.54, 1.807) is 31.2 Å². The third-order valence-electron chi connectivity index (χ3n) is 3.63. The molecule has 3 aromatic rings. The van der Waals surface area contributed by atoms with E-state index in [0.29, 0.717) is 22.9 Å². The minimum atomic E-state index is -0.723. The molecule has 2 N–H and O–H groups in total. The van der Waals surface area contributed by atoms with Gasteiger partial charge in [0.2, 0.25) is 0 Å². The molecular formula is C19H16F2N4O2. The van der Waals surface area contributed by atoms with Crippen molar-refractivity contribution in [3.05, 3.63) is 71.6 Å². The lowest BCUT2D eigenvalue weighted by Crippen LogP contribution is -2.04. The number of aryl methyl sites for hydroxylation is 1. The average Bonchev–Trinajstić information content (AvgIpc) is 2.64. The molecule has 0 aliphatic carbocycles. The zero-order valence-corrected chi connectivity index (χ0v) is 14.6. The molecule has 1 aromatic heterocycles. The Bertz CT molecular complexity index is 958. The molecule has 0 aliphatic rings. The summed E-state index contributed by atoms with van der Waals surface area (Å²) in [7, 11) is 1.31. The average molecular weight is 370 g/mol. The molecule has 0 aliphatic heterocycles. The summed E-state index contributed by atoms with van der Waals surface area (Å²) in [5.41, 5.74) is 0.798. The minimum Gasteiger partial charge on any atom is -0.465 e. The van der Waals surface area contributed by atoms with Crippen LogP contribution in [0.15, 0.2) is 48.5 Å². The highest BCUT2D eigenvalue weighted by Crippen LogP contribution is 2.24. The van der Waals surface area contributed by atoms with E-state index in [2.05, 4.69) is 25.3 Å². The van der Waals surface area contributed by atoms with Crippen molar-refractivity contribution >= 4 is 29.0 Å². The van der Waals surface area contributed by atoms with Gasteiger partial charge in [-0.2, -0.15) is 0 Å². The van der Waals surface area contributed by atoms with Crippen LogP contribution in [0.1, 0.15) is 16.2 Å². The second-order valence-electron chi connectivity index (χ2n) is 5.60. The number of benzene rings is 2. The first-order chi connectivity index (χ1) is 13.0. The third kappa shape index (κ3) is 4.35. The molecule has 138 valence electrons. The molecule has 0 spiro atoms. The smallest absolute Gasteiger partial charge is 0.337 e. The number of methoxy groups -OCH3 is 1. The second-order valence-corrected chi connectivity index (χ2v) is 5.60. The zero-order valence-electron chi connectivity index (χ0n) is 14.6. The standard InChI is InChI=1S/C19H16F2N4O2/c1-11-22-16(24-13-8-6-12(7-9-13)19(26)27-2)10-17(23-11)25-18-14(20)4-3-5-15(18)21/h3-10H,1-2H3,(H2,22,23,24,25). The van der Waals surface area contributed by atoms with Crippen LogP contribution in [0.25, 0.3) is 0 Å². The van der Waals surface area contributed by atoms with Gasteiger partial charge in [-0.05, 0) is 43.3 Å². The van der Waals surface area contributed by atoms with Crippen molar-refractivity contribution < 1.29 is 18.3 Å². The normalized spacial score (nSPS) is 10.4. The number of nitrogens with one attached hydrogen (secondary N) is 2. The number of halogens is 2. The molecule has 0 bridgehead atoms. The van der Waals surface area contributed by atoms with Crippen molar-refractivity contribution in [2.75, 3.05) is 17.7 Å². The quantitative estimate of drug-likeness (QED) is 0.651. The Hall–Kier alpha value is -3.55. The van der Waals surface area contributed by atoms with E-state index >= 15 is 0 Å². The van der Waals surface area contributed by atoms with E-state index in [1.807, 2.05) is 0 Å². The number of carbonyl (C=O) groups excluding carboxylic acids is 1. The molecule has 0 radical (unpaired) electrons. The van der Waals surface area contributed by atoms with Crippen LogP contribution < -0.4 is 10.6 Å². The van der Waals surface area contributed by atoms with E-state index in [0.717, 1.165) is 12.1 Å². The van der Waals surface area contributed by atoms with E-state index < -0.39 is 17.6 Å². The first-order valence-electron chi connectivity index (χ1n) is 7.98. The first-order valence-corrected chi connectivity index (χ1v) is 7.98. The Labute approximate surface area is 154 Å². The SMILES string of the molecule is COC(=O)c1ccc(Nc2cc(Nc3c(F)cccc3F)nc(C)n2)cc1. The van der Waals surface area contributed by atoms with Crippen LogP contribution in [0.2, 0.25) is 0 Å². The van der Waals surface area contributed by atoms with Crippen molar-refractivity contribution in [1.29, 1.82) is 0 Å². The van der Waals surface area contributed by atoms with Gasteiger partial charge in [-0.1, -0.05) is 6.07 Å². The molecular weight excluding hydrogens is 354 g/mol. The zero-order chi connectivity index (χ0) is 19.4. The summed E-state index contributed by atoms with van der Waals surface area (Å²) in [5.74, 6) is -0.811. The summed E-state index contributed by atoms with van der Waals surface area (Å²) < 4.78 is 32.3. The predicted molar refractivity (Wildman–Crippen MR) is 97.5 cm³/mol. The summed E-state index contributed by atoms with van der Waals surface area (Å²) in [6, 6.07) is 11.7. The molecule has 0 saturated carbocycles. The van der Waals surface area contributed by atoms with Crippen LogP contribution in [-0.2, 0) is 4.74 Å². The Morgan fingerprint density at radius 3 is 2.15 bits per heavy atom. The van der Waals surface area contributed by atoms with Crippen LogP contribution in [-0.4, -0.2) is 23.0 Å². The van der Waals surface area contributed by atoms with Crippen molar-refractivity contribution in [3.8, 4) is 0 Å². The number of hydrogen-bond acceptors (Lipinski definition) is 6. The van der Waals surface area contributed by atoms with Gasteiger partial charge in [0.1, 0.15) is 34.8 Å². The van der Waals surface area contributed by atoms with Crippen LogP contribution in [0.3, 0.4) is 0 Å². The molecule has 8 heteroatoms. The summed E-state index contributed by atoms with van der Waals surface area (Å²) in [5, 5.41) is 5.69. The Morgan fingerprint density at radius 2 is 1.56 bits per heavy atom. The fourth-order valence-electron chi connectivity index (χ4n) is 2.40. The van der Waals surface area contributed by atoms with Crippen LogP contribution in [0.4, 0.5) is 31.8 Å². The molecule has 1 heterocycles. The monoisotopic (exact) mass is 370 g/mol. The maximum atomic E-state index is 13.8. The van der Waals surface area contributed by atoms with Crippen LogP contribution >= 0.6 is 0 Å². The first kappa shape index (κ1) is 18.2. The van der Waals surface area contributed by atoms with E-state index in [1.165, 1.54) is 19.2 Å². The summed E-state index contributed by atoms with van der Waals surface area (Å²) in [6.07, 6.45) is 0. The van der Waals surface area contributed by atoms with E-state index in [-0.39, 0.29) is 11.5 Å². The number of anilines is 4. The number of esters is 1. The number of ether oxygens (including phenoxy) is 1. The topological polar surface area (TPSA) is 76.1 Å². The van der Waals surface area contributed by atoms with Crippen molar-refractivity contribution in [2.24, 2.45) is 0 Å². The van der Waals surface area contributed by atoms with E-state index in [4.69, 9.17) is 0 Å². The number of aromatic nitrogens is 2. The second kappa shape index (κ2) is 7.77. The van der Waals surface area contributed by atoms with Gasteiger partial charge in [-0.25, -0.2) is 23.5 Å². The molecule has 3 rings (SSSR count). The molecule has 6 nitrogen and oxygen atoms in total. The lowest BCUT2D eigenvalue weighted by molar-refractivity contribution is 0.0601. The molecule has 0 atom stereocenters. The van der Waals surface area contributed by atoms with Crippen LogP contribution in [0, 0.1) is 18.6 Å². The lowest BCUT2D eigenvalue weighted by Gasteiger charge is -2.11. The summed E-state index contributed by atoms with van der Waals surface area (Å²) in [6.45, 7) is 1.66. The minimum absolute atomic E-state index is 0.236. The molecule has 27 heavy (non-hydrogen) atoms. The molecule has 2 aromatic carbocycles. The van der Waals surface area contributed by atoms with Gasteiger partial charge in [-0.15, -0.1) is 0 Å². The fraction of sp³-hybridized carbons (Fsp3) is 0.105. The molecule has 0 unspecified atom stereocenters.